The molecule has 0 radical (unpaired) electrons. The second-order valence-electron chi connectivity index (χ2n) is 6.27. The van der Waals surface area contributed by atoms with E-state index in [1.165, 1.54) is 25.5 Å². The van der Waals surface area contributed by atoms with Crippen molar-refractivity contribution >= 4 is 17.6 Å². The van der Waals surface area contributed by atoms with Crippen molar-refractivity contribution in [1.82, 2.24) is 10.1 Å². The third-order valence-corrected chi connectivity index (χ3v) is 3.47. The Hall–Kier alpha value is -1.85. The van der Waals surface area contributed by atoms with E-state index in [1.807, 2.05) is 13.8 Å². The fraction of sp³-hybridized carbons (Fsp3) is 0.706. The Bertz CT molecular complexity index is 458. The van der Waals surface area contributed by atoms with Gasteiger partial charge in [0.15, 0.2) is 5.82 Å². The second-order valence-corrected chi connectivity index (χ2v) is 6.27. The van der Waals surface area contributed by atoms with E-state index in [0.29, 0.717) is 24.7 Å². The Balaban J connectivity index is 2.43. The molecule has 0 saturated carbocycles. The summed E-state index contributed by atoms with van der Waals surface area (Å²) in [5.74, 6) is 0.481. The summed E-state index contributed by atoms with van der Waals surface area (Å²) >= 11 is 0. The number of hydrogen-bond donors (Lipinski definition) is 1. The van der Waals surface area contributed by atoms with Crippen LogP contribution in [0.15, 0.2) is 16.9 Å². The van der Waals surface area contributed by atoms with Crippen molar-refractivity contribution in [3.05, 3.63) is 12.3 Å². The van der Waals surface area contributed by atoms with Crippen LogP contribution < -0.4 is 5.32 Å². The maximum Gasteiger partial charge on any atom is 0.245 e. The fourth-order valence-corrected chi connectivity index (χ4v) is 2.37. The van der Waals surface area contributed by atoms with Crippen LogP contribution in [0.25, 0.3) is 0 Å². The van der Waals surface area contributed by atoms with Crippen LogP contribution in [0, 0.1) is 5.92 Å². The minimum Gasteiger partial charge on any atom is -0.363 e. The number of rotatable bonds is 11. The molecule has 0 spiro atoms. The van der Waals surface area contributed by atoms with E-state index in [-0.39, 0.29) is 18.4 Å². The predicted octanol–water partition coefficient (Wildman–Crippen LogP) is 3.46. The molecular weight excluding hydrogens is 294 g/mol. The summed E-state index contributed by atoms with van der Waals surface area (Å²) in [5.41, 5.74) is 0. The van der Waals surface area contributed by atoms with Crippen LogP contribution in [-0.4, -0.2) is 35.0 Å². The number of hydrogen-bond acceptors (Lipinski definition) is 4. The van der Waals surface area contributed by atoms with Gasteiger partial charge in [-0.2, -0.15) is 0 Å². The maximum atomic E-state index is 12.4. The van der Waals surface area contributed by atoms with Crippen LogP contribution in [0.2, 0.25) is 0 Å². The predicted molar refractivity (Wildman–Crippen MR) is 89.9 cm³/mol. The minimum absolute atomic E-state index is 0.0468. The van der Waals surface area contributed by atoms with Gasteiger partial charge in [0.1, 0.15) is 6.26 Å². The molecule has 0 bridgehead atoms. The zero-order valence-electron chi connectivity index (χ0n) is 14.5. The Morgan fingerprint density at radius 2 is 2.00 bits per heavy atom. The van der Waals surface area contributed by atoms with Gasteiger partial charge in [0.05, 0.1) is 6.54 Å². The van der Waals surface area contributed by atoms with Crippen LogP contribution in [0.1, 0.15) is 59.3 Å². The molecule has 1 N–H and O–H groups in total. The molecule has 23 heavy (non-hydrogen) atoms. The molecule has 0 aliphatic heterocycles. The van der Waals surface area contributed by atoms with Crippen molar-refractivity contribution < 1.29 is 14.1 Å². The van der Waals surface area contributed by atoms with E-state index < -0.39 is 0 Å². The van der Waals surface area contributed by atoms with Crippen LogP contribution in [0.3, 0.4) is 0 Å². The largest absolute Gasteiger partial charge is 0.363 e. The molecule has 0 fully saturated rings. The van der Waals surface area contributed by atoms with E-state index in [4.69, 9.17) is 0 Å². The van der Waals surface area contributed by atoms with E-state index in [9.17, 15) is 9.59 Å². The van der Waals surface area contributed by atoms with Crippen molar-refractivity contribution in [2.75, 3.05) is 18.4 Å². The van der Waals surface area contributed by atoms with E-state index in [0.717, 1.165) is 12.8 Å². The molecule has 0 aliphatic rings. The van der Waals surface area contributed by atoms with Crippen LogP contribution in [-0.2, 0) is 9.59 Å². The van der Waals surface area contributed by atoms with E-state index in [1.54, 1.807) is 11.0 Å². The van der Waals surface area contributed by atoms with Gasteiger partial charge in [-0.15, -0.1) is 0 Å². The highest BCUT2D eigenvalue weighted by Crippen LogP contribution is 2.09. The minimum atomic E-state index is -0.251. The summed E-state index contributed by atoms with van der Waals surface area (Å²) in [6.07, 6.45) is 7.43. The SMILES string of the molecule is CCCCCCCC(=O)N(CC(=O)Nc1ccon1)CC(C)C. The van der Waals surface area contributed by atoms with E-state index in [2.05, 4.69) is 21.9 Å². The Morgan fingerprint density at radius 3 is 2.61 bits per heavy atom. The molecule has 2 amide bonds. The van der Waals surface area contributed by atoms with Gasteiger partial charge >= 0.3 is 0 Å². The van der Waals surface area contributed by atoms with Crippen molar-refractivity contribution in [3.63, 3.8) is 0 Å². The average Bonchev–Trinajstić information content (AvgIpc) is 2.98. The van der Waals surface area contributed by atoms with Gasteiger partial charge < -0.3 is 14.7 Å². The third kappa shape index (κ3) is 8.38. The number of nitrogens with one attached hydrogen (secondary N) is 1. The van der Waals surface area contributed by atoms with Crippen molar-refractivity contribution in [1.29, 1.82) is 0 Å². The molecule has 0 aromatic carbocycles. The topological polar surface area (TPSA) is 75.4 Å². The van der Waals surface area contributed by atoms with Crippen molar-refractivity contribution in [2.45, 2.75) is 59.3 Å². The Kier molecular flexibility index (Phi) is 9.02. The van der Waals surface area contributed by atoms with Gasteiger partial charge in [-0.25, -0.2) is 0 Å². The van der Waals surface area contributed by atoms with Gasteiger partial charge in [0.25, 0.3) is 0 Å². The Morgan fingerprint density at radius 1 is 1.26 bits per heavy atom. The molecule has 1 heterocycles. The molecule has 0 saturated heterocycles. The number of carbonyl (C=O) groups excluding carboxylic acids is 2. The van der Waals surface area contributed by atoms with Gasteiger partial charge in [-0.1, -0.05) is 51.6 Å². The average molecular weight is 323 g/mol. The fourth-order valence-electron chi connectivity index (χ4n) is 2.37. The molecule has 0 unspecified atom stereocenters. The van der Waals surface area contributed by atoms with Crippen LogP contribution >= 0.6 is 0 Å². The number of aromatic nitrogens is 1. The van der Waals surface area contributed by atoms with Gasteiger partial charge in [-0.05, 0) is 12.3 Å². The summed E-state index contributed by atoms with van der Waals surface area (Å²) in [6, 6.07) is 1.57. The number of unbranched alkanes of at least 4 members (excludes halogenated alkanes) is 4. The third-order valence-electron chi connectivity index (χ3n) is 3.47. The molecule has 6 nitrogen and oxygen atoms in total. The lowest BCUT2D eigenvalue weighted by Crippen LogP contribution is -2.40. The molecule has 1 aromatic rings. The lowest BCUT2D eigenvalue weighted by Gasteiger charge is -2.24. The van der Waals surface area contributed by atoms with Crippen molar-refractivity contribution in [2.24, 2.45) is 5.92 Å². The lowest BCUT2D eigenvalue weighted by atomic mass is 10.1. The molecule has 130 valence electrons. The number of nitrogens with zero attached hydrogens (tertiary/aromatic N) is 2. The molecule has 0 aliphatic carbocycles. The van der Waals surface area contributed by atoms with Crippen LogP contribution in [0.4, 0.5) is 5.82 Å². The summed E-state index contributed by atoms with van der Waals surface area (Å²) < 4.78 is 4.67. The normalized spacial score (nSPS) is 10.8. The quantitative estimate of drug-likeness (QED) is 0.633. The highest BCUT2D eigenvalue weighted by atomic mass is 16.5. The standard InChI is InChI=1S/C17H29N3O3/c1-4-5-6-7-8-9-17(22)20(12-14(2)3)13-16(21)18-15-10-11-23-19-15/h10-11,14H,4-9,12-13H2,1-3H3,(H,18,19,21). The first-order valence-electron chi connectivity index (χ1n) is 8.51. The number of anilines is 1. The molecular formula is C17H29N3O3. The van der Waals surface area contributed by atoms with Gasteiger partial charge in [0, 0.05) is 19.0 Å². The first kappa shape index (κ1) is 19.2. The highest BCUT2D eigenvalue weighted by Gasteiger charge is 2.18. The first-order valence-corrected chi connectivity index (χ1v) is 8.51. The summed E-state index contributed by atoms with van der Waals surface area (Å²) in [6.45, 7) is 6.88. The van der Waals surface area contributed by atoms with Gasteiger partial charge in [-0.3, -0.25) is 9.59 Å². The van der Waals surface area contributed by atoms with Crippen LogP contribution in [0.5, 0.6) is 0 Å². The molecule has 1 rings (SSSR count). The summed E-state index contributed by atoms with van der Waals surface area (Å²) in [5, 5.41) is 6.26. The molecule has 6 heteroatoms. The molecule has 0 atom stereocenters. The summed E-state index contributed by atoms with van der Waals surface area (Å²) in [4.78, 5) is 26.0. The maximum absolute atomic E-state index is 12.4. The lowest BCUT2D eigenvalue weighted by molar-refractivity contribution is -0.135. The summed E-state index contributed by atoms with van der Waals surface area (Å²) in [7, 11) is 0. The van der Waals surface area contributed by atoms with Crippen molar-refractivity contribution in [3.8, 4) is 0 Å². The van der Waals surface area contributed by atoms with Gasteiger partial charge in [0.2, 0.25) is 11.8 Å². The highest BCUT2D eigenvalue weighted by molar-refractivity contribution is 5.93. The van der Waals surface area contributed by atoms with E-state index >= 15 is 0 Å². The second kappa shape index (κ2) is 10.8. The zero-order valence-corrected chi connectivity index (χ0v) is 14.5. The smallest absolute Gasteiger partial charge is 0.245 e. The monoisotopic (exact) mass is 323 g/mol. The first-order chi connectivity index (χ1) is 11.0. The number of amides is 2. The molecule has 1 aromatic heterocycles. The zero-order chi connectivity index (χ0) is 17.1. The Labute approximate surface area is 138 Å². The number of carbonyl (C=O) groups is 2.